The molecule has 2 aliphatic rings. The van der Waals surface area contributed by atoms with Crippen molar-refractivity contribution in [3.63, 3.8) is 0 Å². The van der Waals surface area contributed by atoms with Gasteiger partial charge in [0, 0.05) is 19.6 Å². The Bertz CT molecular complexity index is 880. The third-order valence-electron chi connectivity index (χ3n) is 5.73. The average Bonchev–Trinajstić information content (AvgIpc) is 3.33. The van der Waals surface area contributed by atoms with E-state index >= 15 is 0 Å². The van der Waals surface area contributed by atoms with Crippen molar-refractivity contribution in [1.29, 1.82) is 0 Å². The number of likely N-dealkylation sites (tertiary alicyclic amines) is 1. The summed E-state index contributed by atoms with van der Waals surface area (Å²) in [6, 6.07) is 17.0. The Morgan fingerprint density at radius 1 is 1.07 bits per heavy atom. The summed E-state index contributed by atoms with van der Waals surface area (Å²) in [5.41, 5.74) is 1.78. The molecule has 2 aliphatic heterocycles. The van der Waals surface area contributed by atoms with Gasteiger partial charge < -0.3 is 19.9 Å². The van der Waals surface area contributed by atoms with Crippen molar-refractivity contribution in [1.82, 2.24) is 10.2 Å². The monoisotopic (exact) mass is 407 g/mol. The third-order valence-corrected chi connectivity index (χ3v) is 5.73. The van der Waals surface area contributed by atoms with Gasteiger partial charge in [-0.25, -0.2) is 0 Å². The van der Waals surface area contributed by atoms with Crippen molar-refractivity contribution in [2.75, 3.05) is 31.1 Å². The van der Waals surface area contributed by atoms with Crippen LogP contribution in [-0.4, -0.2) is 49.0 Å². The first kappa shape index (κ1) is 20.3. The molecule has 2 heterocycles. The lowest BCUT2D eigenvalue weighted by atomic mass is 10.0. The predicted molar refractivity (Wildman–Crippen MR) is 117 cm³/mol. The number of carbonyl (C=O) groups excluding carboxylic acids is 2. The summed E-state index contributed by atoms with van der Waals surface area (Å²) in [6.45, 7) is 4.52. The molecule has 2 amide bonds. The molecular weight excluding hydrogens is 378 g/mol. The van der Waals surface area contributed by atoms with Crippen LogP contribution in [0.5, 0.6) is 5.75 Å². The van der Waals surface area contributed by atoms with Crippen LogP contribution in [0.1, 0.15) is 37.8 Å². The van der Waals surface area contributed by atoms with E-state index < -0.39 is 12.1 Å². The molecule has 2 atom stereocenters. The maximum absolute atomic E-state index is 13.6. The Balaban J connectivity index is 1.72. The molecular formula is C24H29N3O3. The lowest BCUT2D eigenvalue weighted by Gasteiger charge is -2.41. The number of hydrogen-bond donors (Lipinski definition) is 1. The highest BCUT2D eigenvalue weighted by Crippen LogP contribution is 2.39. The van der Waals surface area contributed by atoms with Gasteiger partial charge in [-0.2, -0.15) is 0 Å². The van der Waals surface area contributed by atoms with Gasteiger partial charge in [0.2, 0.25) is 5.91 Å². The second-order valence-electron chi connectivity index (χ2n) is 7.86. The minimum absolute atomic E-state index is 0.0862. The number of nitrogens with zero attached hydrogens (tertiary/aromatic N) is 2. The molecule has 1 N–H and O–H groups in total. The Morgan fingerprint density at radius 3 is 2.50 bits per heavy atom. The minimum Gasteiger partial charge on any atom is -0.477 e. The van der Waals surface area contributed by atoms with Crippen LogP contribution in [0.4, 0.5) is 5.69 Å². The molecule has 1 fully saturated rings. The zero-order valence-electron chi connectivity index (χ0n) is 17.4. The molecule has 6 nitrogen and oxygen atoms in total. The Morgan fingerprint density at radius 2 is 1.77 bits per heavy atom. The van der Waals surface area contributed by atoms with Crippen LogP contribution in [-0.2, 0) is 9.59 Å². The maximum atomic E-state index is 13.6. The molecule has 0 spiro atoms. The van der Waals surface area contributed by atoms with Gasteiger partial charge in [0.05, 0.1) is 12.2 Å². The zero-order valence-corrected chi connectivity index (χ0v) is 17.4. The smallest absolute Gasteiger partial charge is 0.262 e. The van der Waals surface area contributed by atoms with Crippen LogP contribution in [0.2, 0.25) is 0 Å². The van der Waals surface area contributed by atoms with Gasteiger partial charge in [-0.1, -0.05) is 49.4 Å². The summed E-state index contributed by atoms with van der Waals surface area (Å²) in [4.78, 5) is 30.4. The van der Waals surface area contributed by atoms with E-state index in [0.717, 1.165) is 43.6 Å². The standard InChI is InChI=1S/C24H29N3O3/c1-2-14-25-23(28)21-17-27(19-12-6-7-13-20(19)30-21)22(18-10-4-3-5-11-18)24(29)26-15-8-9-16-26/h3-7,10-13,21-22H,2,8-9,14-17H2,1H3,(H,25,28)/t21-,22-/m0/s1. The summed E-state index contributed by atoms with van der Waals surface area (Å²) in [5.74, 6) is 0.579. The third kappa shape index (κ3) is 4.13. The fourth-order valence-corrected chi connectivity index (χ4v) is 4.21. The summed E-state index contributed by atoms with van der Waals surface area (Å²) in [5, 5.41) is 2.93. The lowest BCUT2D eigenvalue weighted by molar-refractivity contribution is -0.133. The van der Waals surface area contributed by atoms with E-state index in [0.29, 0.717) is 18.8 Å². The van der Waals surface area contributed by atoms with Crippen LogP contribution >= 0.6 is 0 Å². The quantitative estimate of drug-likeness (QED) is 0.799. The number of hydrogen-bond acceptors (Lipinski definition) is 4. The highest BCUT2D eigenvalue weighted by Gasteiger charge is 2.39. The Kier molecular flexibility index (Phi) is 6.21. The molecule has 0 saturated carbocycles. The van der Waals surface area contributed by atoms with Crippen molar-refractivity contribution < 1.29 is 14.3 Å². The van der Waals surface area contributed by atoms with E-state index in [9.17, 15) is 9.59 Å². The van der Waals surface area contributed by atoms with E-state index in [1.54, 1.807) is 0 Å². The van der Waals surface area contributed by atoms with Gasteiger partial charge in [0.15, 0.2) is 6.10 Å². The number of rotatable bonds is 6. The minimum atomic E-state index is -0.663. The average molecular weight is 408 g/mol. The summed E-state index contributed by atoms with van der Waals surface area (Å²) >= 11 is 0. The fraction of sp³-hybridized carbons (Fsp3) is 0.417. The van der Waals surface area contributed by atoms with Gasteiger partial charge >= 0.3 is 0 Å². The van der Waals surface area contributed by atoms with Crippen molar-refractivity contribution >= 4 is 17.5 Å². The van der Waals surface area contributed by atoms with Gasteiger partial charge in [0.25, 0.3) is 5.91 Å². The first-order valence-corrected chi connectivity index (χ1v) is 10.8. The molecule has 0 bridgehead atoms. The number of amides is 2. The Hall–Kier alpha value is -3.02. The Labute approximate surface area is 177 Å². The van der Waals surface area contributed by atoms with Gasteiger partial charge in [-0.15, -0.1) is 0 Å². The van der Waals surface area contributed by atoms with Crippen LogP contribution in [0.3, 0.4) is 0 Å². The normalized spacial score (nSPS) is 19.0. The summed E-state index contributed by atoms with van der Waals surface area (Å²) < 4.78 is 6.03. The number of ether oxygens (including phenoxy) is 1. The van der Waals surface area contributed by atoms with Crippen molar-refractivity contribution in [2.45, 2.75) is 38.3 Å². The molecule has 2 aromatic rings. The van der Waals surface area contributed by atoms with E-state index in [2.05, 4.69) is 5.32 Å². The number of fused-ring (bicyclic) bond motifs is 1. The van der Waals surface area contributed by atoms with E-state index in [1.165, 1.54) is 0 Å². The zero-order chi connectivity index (χ0) is 20.9. The molecule has 6 heteroatoms. The van der Waals surface area contributed by atoms with Gasteiger partial charge in [-0.3, -0.25) is 9.59 Å². The second-order valence-corrected chi connectivity index (χ2v) is 7.86. The molecule has 2 aromatic carbocycles. The molecule has 1 saturated heterocycles. The second kappa shape index (κ2) is 9.20. The molecule has 158 valence electrons. The summed E-state index contributed by atoms with van der Waals surface area (Å²) in [7, 11) is 0. The van der Waals surface area contributed by atoms with Crippen LogP contribution in [0.25, 0.3) is 0 Å². The fourth-order valence-electron chi connectivity index (χ4n) is 4.21. The molecule has 30 heavy (non-hydrogen) atoms. The first-order chi connectivity index (χ1) is 14.7. The highest BCUT2D eigenvalue weighted by molar-refractivity contribution is 5.89. The van der Waals surface area contributed by atoms with Crippen LogP contribution in [0, 0.1) is 0 Å². The molecule has 0 aromatic heterocycles. The van der Waals surface area contributed by atoms with Crippen molar-refractivity contribution in [2.24, 2.45) is 0 Å². The van der Waals surface area contributed by atoms with Crippen LogP contribution in [0.15, 0.2) is 54.6 Å². The van der Waals surface area contributed by atoms with Gasteiger partial charge in [0.1, 0.15) is 11.8 Å². The number of anilines is 1. The number of nitrogens with one attached hydrogen (secondary N) is 1. The number of para-hydroxylation sites is 2. The van der Waals surface area contributed by atoms with E-state index in [1.807, 2.05) is 71.3 Å². The number of carbonyl (C=O) groups is 2. The molecule has 4 rings (SSSR count). The van der Waals surface area contributed by atoms with Crippen LogP contribution < -0.4 is 15.0 Å². The lowest BCUT2D eigenvalue weighted by Crippen LogP contribution is -2.52. The molecule has 0 radical (unpaired) electrons. The highest BCUT2D eigenvalue weighted by atomic mass is 16.5. The number of benzene rings is 2. The summed E-state index contributed by atoms with van der Waals surface area (Å²) in [6.07, 6.45) is 2.27. The van der Waals surface area contributed by atoms with Crippen molar-refractivity contribution in [3.05, 3.63) is 60.2 Å². The van der Waals surface area contributed by atoms with E-state index in [-0.39, 0.29) is 11.8 Å². The molecule has 0 unspecified atom stereocenters. The maximum Gasteiger partial charge on any atom is 0.262 e. The first-order valence-electron chi connectivity index (χ1n) is 10.8. The van der Waals surface area contributed by atoms with Gasteiger partial charge in [-0.05, 0) is 37.0 Å². The topological polar surface area (TPSA) is 61.9 Å². The predicted octanol–water partition coefficient (Wildman–Crippen LogP) is 3.14. The largest absolute Gasteiger partial charge is 0.477 e. The molecule has 0 aliphatic carbocycles. The SMILES string of the molecule is CCCNC(=O)[C@@H]1CN([C@H](C(=O)N2CCCC2)c2ccccc2)c2ccccc2O1. The van der Waals surface area contributed by atoms with Crippen molar-refractivity contribution in [3.8, 4) is 5.75 Å². The van der Waals surface area contributed by atoms with E-state index in [4.69, 9.17) is 4.74 Å².